The van der Waals surface area contributed by atoms with Gasteiger partial charge in [-0.05, 0) is 6.07 Å². The molecule has 76 valence electrons. The number of fused-ring (bicyclic) bond motifs is 1. The quantitative estimate of drug-likeness (QED) is 0.700. The molecule has 1 heterocycles. The Morgan fingerprint density at radius 3 is 2.93 bits per heavy atom. The van der Waals surface area contributed by atoms with Gasteiger partial charge in [-0.25, -0.2) is 0 Å². The van der Waals surface area contributed by atoms with Gasteiger partial charge < -0.3 is 4.74 Å². The predicted octanol–water partition coefficient (Wildman–Crippen LogP) is 2.30. The number of para-hydroxylation sites is 1. The Labute approximate surface area is 87.7 Å². The zero-order chi connectivity index (χ0) is 10.7. The highest BCUT2D eigenvalue weighted by atomic mass is 16.5. The van der Waals surface area contributed by atoms with Gasteiger partial charge in [0.1, 0.15) is 6.61 Å². The molecule has 0 atom stereocenters. The summed E-state index contributed by atoms with van der Waals surface area (Å²) in [6, 6.07) is 9.71. The third-order valence-electron chi connectivity index (χ3n) is 2.15. The molecule has 15 heavy (non-hydrogen) atoms. The molecule has 0 N–H and O–H groups in total. The van der Waals surface area contributed by atoms with Gasteiger partial charge in [-0.2, -0.15) is 0 Å². The van der Waals surface area contributed by atoms with Crippen LogP contribution < -0.4 is 0 Å². The first kappa shape index (κ1) is 9.65. The van der Waals surface area contributed by atoms with E-state index in [9.17, 15) is 4.79 Å². The highest BCUT2D eigenvalue weighted by Crippen LogP contribution is 2.16. The maximum Gasteiger partial charge on any atom is 0.302 e. The van der Waals surface area contributed by atoms with Crippen LogP contribution in [-0.4, -0.2) is 11.0 Å². The van der Waals surface area contributed by atoms with Crippen molar-refractivity contribution >= 4 is 16.9 Å². The lowest BCUT2D eigenvalue weighted by Gasteiger charge is -2.05. The van der Waals surface area contributed by atoms with Gasteiger partial charge in [0, 0.05) is 24.1 Å². The monoisotopic (exact) mass is 201 g/mol. The van der Waals surface area contributed by atoms with E-state index in [1.54, 1.807) is 6.20 Å². The van der Waals surface area contributed by atoms with Crippen LogP contribution in [0, 0.1) is 0 Å². The Morgan fingerprint density at radius 2 is 2.13 bits per heavy atom. The zero-order valence-corrected chi connectivity index (χ0v) is 8.43. The molecule has 0 saturated carbocycles. The molecule has 0 saturated heterocycles. The third-order valence-corrected chi connectivity index (χ3v) is 2.15. The smallest absolute Gasteiger partial charge is 0.302 e. The molecule has 2 aromatic rings. The van der Waals surface area contributed by atoms with Crippen molar-refractivity contribution in [2.24, 2.45) is 0 Å². The number of ether oxygens (including phenoxy) is 1. The van der Waals surface area contributed by atoms with Crippen LogP contribution in [0.5, 0.6) is 0 Å². The summed E-state index contributed by atoms with van der Waals surface area (Å²) < 4.78 is 4.96. The van der Waals surface area contributed by atoms with E-state index in [-0.39, 0.29) is 12.6 Å². The van der Waals surface area contributed by atoms with Gasteiger partial charge in [-0.1, -0.05) is 24.3 Å². The van der Waals surface area contributed by atoms with E-state index >= 15 is 0 Å². The van der Waals surface area contributed by atoms with Crippen molar-refractivity contribution in [3.63, 3.8) is 0 Å². The summed E-state index contributed by atoms with van der Waals surface area (Å²) in [6.45, 7) is 1.68. The molecule has 1 aromatic carbocycles. The Kier molecular flexibility index (Phi) is 2.63. The standard InChI is InChI=1S/C12H11NO2/c1-9(14)15-8-11-5-2-4-10-6-3-7-13-12(10)11/h2-7H,8H2,1H3. The third kappa shape index (κ3) is 2.13. The van der Waals surface area contributed by atoms with E-state index < -0.39 is 0 Å². The fraction of sp³-hybridized carbons (Fsp3) is 0.167. The highest BCUT2D eigenvalue weighted by Gasteiger charge is 2.02. The Hall–Kier alpha value is -1.90. The summed E-state index contributed by atoms with van der Waals surface area (Å²) in [5.74, 6) is -0.275. The molecule has 0 unspecified atom stereocenters. The largest absolute Gasteiger partial charge is 0.461 e. The van der Waals surface area contributed by atoms with E-state index in [0.717, 1.165) is 16.5 Å². The molecule has 0 spiro atoms. The molecule has 0 fully saturated rings. The number of aromatic nitrogens is 1. The second-order valence-corrected chi connectivity index (χ2v) is 3.27. The minimum atomic E-state index is -0.275. The highest BCUT2D eigenvalue weighted by molar-refractivity contribution is 5.81. The lowest BCUT2D eigenvalue weighted by molar-refractivity contribution is -0.142. The number of rotatable bonds is 2. The number of hydrogen-bond donors (Lipinski definition) is 0. The molecule has 0 radical (unpaired) electrons. The summed E-state index contributed by atoms with van der Waals surface area (Å²) in [5.41, 5.74) is 1.82. The fourth-order valence-electron chi connectivity index (χ4n) is 1.46. The topological polar surface area (TPSA) is 39.2 Å². The van der Waals surface area contributed by atoms with Crippen LogP contribution >= 0.6 is 0 Å². The molecule has 0 amide bonds. The summed E-state index contributed by atoms with van der Waals surface area (Å²) in [6.07, 6.45) is 1.74. The number of nitrogens with zero attached hydrogens (tertiary/aromatic N) is 1. The first-order valence-corrected chi connectivity index (χ1v) is 4.73. The Morgan fingerprint density at radius 1 is 1.33 bits per heavy atom. The fourth-order valence-corrected chi connectivity index (χ4v) is 1.46. The van der Waals surface area contributed by atoms with E-state index in [0.29, 0.717) is 0 Å². The number of carbonyl (C=O) groups is 1. The van der Waals surface area contributed by atoms with Gasteiger partial charge in [0.2, 0.25) is 0 Å². The molecule has 3 heteroatoms. The molecule has 3 nitrogen and oxygen atoms in total. The van der Waals surface area contributed by atoms with Crippen molar-refractivity contribution in [1.29, 1.82) is 0 Å². The molecule has 0 aliphatic rings. The SMILES string of the molecule is CC(=O)OCc1cccc2cccnc12. The van der Waals surface area contributed by atoms with Crippen LogP contribution in [0.2, 0.25) is 0 Å². The second kappa shape index (κ2) is 4.09. The zero-order valence-electron chi connectivity index (χ0n) is 8.43. The van der Waals surface area contributed by atoms with Crippen LogP contribution in [0.4, 0.5) is 0 Å². The number of esters is 1. The van der Waals surface area contributed by atoms with Crippen molar-refractivity contribution < 1.29 is 9.53 Å². The van der Waals surface area contributed by atoms with Gasteiger partial charge in [0.25, 0.3) is 0 Å². The number of carbonyl (C=O) groups excluding carboxylic acids is 1. The van der Waals surface area contributed by atoms with Crippen molar-refractivity contribution in [3.8, 4) is 0 Å². The first-order valence-electron chi connectivity index (χ1n) is 4.73. The molecule has 0 aliphatic carbocycles. The number of pyridine rings is 1. The Balaban J connectivity index is 2.38. The van der Waals surface area contributed by atoms with Crippen LogP contribution in [0.25, 0.3) is 10.9 Å². The predicted molar refractivity (Wildman–Crippen MR) is 57.2 cm³/mol. The minimum absolute atomic E-state index is 0.275. The van der Waals surface area contributed by atoms with E-state index in [4.69, 9.17) is 4.74 Å². The molecular formula is C12H11NO2. The number of benzene rings is 1. The van der Waals surface area contributed by atoms with Gasteiger partial charge in [0.05, 0.1) is 5.52 Å². The lowest BCUT2D eigenvalue weighted by Crippen LogP contribution is -1.99. The summed E-state index contributed by atoms with van der Waals surface area (Å²) in [4.78, 5) is 15.0. The van der Waals surface area contributed by atoms with Crippen molar-refractivity contribution in [3.05, 3.63) is 42.1 Å². The average Bonchev–Trinajstić information content (AvgIpc) is 2.26. The first-order chi connectivity index (χ1) is 7.27. The van der Waals surface area contributed by atoms with E-state index in [2.05, 4.69) is 4.98 Å². The number of hydrogen-bond acceptors (Lipinski definition) is 3. The maximum atomic E-state index is 10.7. The van der Waals surface area contributed by atoms with Crippen molar-refractivity contribution in [2.45, 2.75) is 13.5 Å². The van der Waals surface area contributed by atoms with E-state index in [1.165, 1.54) is 6.92 Å². The molecule has 0 aliphatic heterocycles. The molecule has 0 bridgehead atoms. The van der Waals surface area contributed by atoms with Crippen molar-refractivity contribution in [2.75, 3.05) is 0 Å². The van der Waals surface area contributed by atoms with Crippen LogP contribution in [0.15, 0.2) is 36.5 Å². The van der Waals surface area contributed by atoms with Crippen molar-refractivity contribution in [1.82, 2.24) is 4.98 Å². The maximum absolute atomic E-state index is 10.7. The van der Waals surface area contributed by atoms with Crippen LogP contribution in [0.1, 0.15) is 12.5 Å². The molecule has 2 rings (SSSR count). The Bertz CT molecular complexity index is 488. The normalized spacial score (nSPS) is 10.2. The van der Waals surface area contributed by atoms with Gasteiger partial charge in [0.15, 0.2) is 0 Å². The van der Waals surface area contributed by atoms with Gasteiger partial charge in [-0.15, -0.1) is 0 Å². The van der Waals surface area contributed by atoms with Gasteiger partial charge >= 0.3 is 5.97 Å². The molecular weight excluding hydrogens is 190 g/mol. The van der Waals surface area contributed by atoms with E-state index in [1.807, 2.05) is 30.3 Å². The average molecular weight is 201 g/mol. The molecule has 1 aromatic heterocycles. The van der Waals surface area contributed by atoms with Gasteiger partial charge in [-0.3, -0.25) is 9.78 Å². The lowest BCUT2D eigenvalue weighted by atomic mass is 10.1. The second-order valence-electron chi connectivity index (χ2n) is 3.27. The van der Waals surface area contributed by atoms with Crippen LogP contribution in [0.3, 0.4) is 0 Å². The van der Waals surface area contributed by atoms with Crippen LogP contribution in [-0.2, 0) is 16.1 Å². The summed E-state index contributed by atoms with van der Waals surface area (Å²) in [7, 11) is 0. The minimum Gasteiger partial charge on any atom is -0.461 e. The summed E-state index contributed by atoms with van der Waals surface area (Å²) in [5, 5.41) is 1.06. The summed E-state index contributed by atoms with van der Waals surface area (Å²) >= 11 is 0.